The molecule has 0 fully saturated rings. The lowest BCUT2D eigenvalue weighted by atomic mass is 10.1. The number of carbonyl (C=O) groups excluding carboxylic acids is 1. The maximum atomic E-state index is 11.0. The van der Waals surface area contributed by atoms with E-state index < -0.39 is 17.2 Å². The molecule has 0 radical (unpaired) electrons. The third-order valence-corrected chi connectivity index (χ3v) is 2.04. The summed E-state index contributed by atoms with van der Waals surface area (Å²) in [6.45, 7) is 0. The van der Waals surface area contributed by atoms with Crippen molar-refractivity contribution < 1.29 is 13.6 Å². The highest BCUT2D eigenvalue weighted by Gasteiger charge is 2.08. The number of nitrogens with one attached hydrogen (secondary N) is 2. The lowest BCUT2D eigenvalue weighted by molar-refractivity contribution is 0.100. The summed E-state index contributed by atoms with van der Waals surface area (Å²) in [5, 5.41) is 0. The summed E-state index contributed by atoms with van der Waals surface area (Å²) < 4.78 is 22.8. The van der Waals surface area contributed by atoms with Gasteiger partial charge in [-0.15, -0.1) is 0 Å². The van der Waals surface area contributed by atoms with Crippen molar-refractivity contribution in [1.29, 1.82) is 0 Å². The summed E-state index contributed by atoms with van der Waals surface area (Å²) in [6.07, 6.45) is 0. The first-order valence-corrected chi connectivity index (χ1v) is 4.88. The first-order chi connectivity index (χ1) is 7.04. The Morgan fingerprint density at radius 1 is 1.47 bits per heavy atom. The van der Waals surface area contributed by atoms with Gasteiger partial charge in [0.25, 0.3) is 5.91 Å². The summed E-state index contributed by atoms with van der Waals surface area (Å²) >= 11 is -2.45. The van der Waals surface area contributed by atoms with Gasteiger partial charge in [-0.2, -0.15) is 0 Å². The van der Waals surface area contributed by atoms with Crippen molar-refractivity contribution in [3.8, 4) is 0 Å². The minimum Gasteiger partial charge on any atom is -0.755 e. The lowest BCUT2D eigenvalue weighted by Crippen LogP contribution is -2.17. The molecular weight excluding hydrogens is 220 g/mol. The Labute approximate surface area is 88.2 Å². The number of rotatable bonds is 4. The molecule has 15 heavy (non-hydrogen) atoms. The number of hydrazine groups is 1. The van der Waals surface area contributed by atoms with Gasteiger partial charge in [-0.3, -0.25) is 14.8 Å². The van der Waals surface area contributed by atoms with Gasteiger partial charge in [0.05, 0.1) is 11.3 Å². The van der Waals surface area contributed by atoms with Crippen molar-refractivity contribution >= 4 is 28.5 Å². The normalized spacial score (nSPS) is 11.9. The third-order valence-electron chi connectivity index (χ3n) is 1.64. The number of hydrogen-bond acceptors (Lipinski definition) is 5. The Kier molecular flexibility index (Phi) is 3.61. The number of benzene rings is 1. The van der Waals surface area contributed by atoms with Crippen molar-refractivity contribution in [2.24, 2.45) is 11.6 Å². The number of anilines is 2. The molecular formula is C7H9N4O3S-. The van der Waals surface area contributed by atoms with Crippen LogP contribution in [-0.4, -0.2) is 14.7 Å². The summed E-state index contributed by atoms with van der Waals surface area (Å²) in [6, 6.07) is 4.17. The van der Waals surface area contributed by atoms with Gasteiger partial charge < -0.3 is 20.4 Å². The van der Waals surface area contributed by atoms with Crippen LogP contribution in [0.15, 0.2) is 18.2 Å². The van der Waals surface area contributed by atoms with E-state index in [0.717, 1.165) is 0 Å². The van der Waals surface area contributed by atoms with Crippen molar-refractivity contribution in [3.63, 3.8) is 0 Å². The van der Waals surface area contributed by atoms with E-state index in [1.165, 1.54) is 18.2 Å². The summed E-state index contributed by atoms with van der Waals surface area (Å²) in [7, 11) is 0. The molecule has 1 aromatic carbocycles. The second-order valence-electron chi connectivity index (χ2n) is 2.61. The summed E-state index contributed by atoms with van der Waals surface area (Å²) in [4.78, 5) is 11.0. The highest BCUT2D eigenvalue weighted by Crippen LogP contribution is 2.19. The van der Waals surface area contributed by atoms with E-state index in [1.54, 1.807) is 0 Å². The zero-order chi connectivity index (χ0) is 11.4. The smallest absolute Gasteiger partial charge is 0.250 e. The van der Waals surface area contributed by atoms with E-state index in [1.807, 2.05) is 0 Å². The van der Waals surface area contributed by atoms with Crippen LogP contribution in [0.2, 0.25) is 0 Å². The van der Waals surface area contributed by atoms with E-state index in [-0.39, 0.29) is 11.3 Å². The molecule has 1 aromatic rings. The van der Waals surface area contributed by atoms with Gasteiger partial charge in [0.15, 0.2) is 0 Å². The van der Waals surface area contributed by atoms with Crippen LogP contribution in [0.5, 0.6) is 0 Å². The molecule has 0 heterocycles. The molecule has 0 aliphatic rings. The van der Waals surface area contributed by atoms with E-state index in [9.17, 15) is 13.6 Å². The maximum Gasteiger partial charge on any atom is 0.250 e. The van der Waals surface area contributed by atoms with E-state index in [4.69, 9.17) is 11.6 Å². The average Bonchev–Trinajstić information content (AvgIpc) is 2.16. The van der Waals surface area contributed by atoms with Gasteiger partial charge >= 0.3 is 0 Å². The fourth-order valence-corrected chi connectivity index (χ4v) is 1.35. The Hall–Kier alpha value is -1.64. The number of amides is 1. The molecule has 6 N–H and O–H groups in total. The SMILES string of the molecule is NNc1ccc(NS(=O)[O-])cc1C(N)=O. The summed E-state index contributed by atoms with van der Waals surface area (Å²) in [5.74, 6) is 4.43. The van der Waals surface area contributed by atoms with E-state index in [0.29, 0.717) is 5.69 Å². The number of hydrogen-bond donors (Lipinski definition) is 4. The lowest BCUT2D eigenvalue weighted by Gasteiger charge is -2.11. The molecule has 1 atom stereocenters. The van der Waals surface area contributed by atoms with Gasteiger partial charge in [0.2, 0.25) is 0 Å². The molecule has 0 aliphatic carbocycles. The van der Waals surface area contributed by atoms with Crippen LogP contribution in [0.3, 0.4) is 0 Å². The second-order valence-corrected chi connectivity index (χ2v) is 3.28. The van der Waals surface area contributed by atoms with Crippen LogP contribution in [0.25, 0.3) is 0 Å². The second kappa shape index (κ2) is 4.73. The highest BCUT2D eigenvalue weighted by molar-refractivity contribution is 7.80. The van der Waals surface area contributed by atoms with E-state index >= 15 is 0 Å². The molecule has 8 heteroatoms. The Morgan fingerprint density at radius 2 is 2.13 bits per heavy atom. The number of nitrogens with two attached hydrogens (primary N) is 2. The zero-order valence-corrected chi connectivity index (χ0v) is 8.34. The number of nitrogen functional groups attached to an aromatic ring is 1. The van der Waals surface area contributed by atoms with Crippen LogP contribution in [0.1, 0.15) is 10.4 Å². The summed E-state index contributed by atoms with van der Waals surface area (Å²) in [5.41, 5.74) is 8.01. The monoisotopic (exact) mass is 229 g/mol. The maximum absolute atomic E-state index is 11.0. The van der Waals surface area contributed by atoms with Crippen LogP contribution in [0.4, 0.5) is 11.4 Å². The predicted octanol–water partition coefficient (Wildman–Crippen LogP) is -0.723. The highest BCUT2D eigenvalue weighted by atomic mass is 32.2. The third kappa shape index (κ3) is 2.91. The Morgan fingerprint density at radius 3 is 2.60 bits per heavy atom. The molecule has 1 rings (SSSR count). The molecule has 0 aliphatic heterocycles. The molecule has 1 amide bonds. The van der Waals surface area contributed by atoms with Crippen LogP contribution in [0, 0.1) is 0 Å². The molecule has 0 bridgehead atoms. The van der Waals surface area contributed by atoms with Gasteiger partial charge in [-0.25, -0.2) is 0 Å². The van der Waals surface area contributed by atoms with Gasteiger partial charge in [-0.1, -0.05) is 0 Å². The topological polar surface area (TPSA) is 133 Å². The molecule has 1 unspecified atom stereocenters. The molecule has 0 aromatic heterocycles. The van der Waals surface area contributed by atoms with Gasteiger partial charge in [-0.05, 0) is 18.2 Å². The molecule has 82 valence electrons. The Balaban J connectivity index is 3.10. The fourth-order valence-electron chi connectivity index (χ4n) is 1.03. The largest absolute Gasteiger partial charge is 0.755 e. The van der Waals surface area contributed by atoms with Crippen molar-refractivity contribution in [2.75, 3.05) is 10.1 Å². The minimum atomic E-state index is -2.45. The van der Waals surface area contributed by atoms with Crippen LogP contribution >= 0.6 is 0 Å². The van der Waals surface area contributed by atoms with Gasteiger partial charge in [0, 0.05) is 17.0 Å². The standard InChI is InChI=1S/C7H10N4O3S/c8-7(12)5-3-4(11-15(13)14)1-2-6(5)10-9/h1-3,10-11H,9H2,(H2,8,12)(H,13,14)/p-1. The number of carbonyl (C=O) groups is 1. The van der Waals surface area contributed by atoms with Crippen LogP contribution in [-0.2, 0) is 11.3 Å². The van der Waals surface area contributed by atoms with Crippen molar-refractivity contribution in [1.82, 2.24) is 0 Å². The molecule has 0 saturated carbocycles. The van der Waals surface area contributed by atoms with Crippen molar-refractivity contribution in [3.05, 3.63) is 23.8 Å². The first-order valence-electron chi connectivity index (χ1n) is 3.81. The quantitative estimate of drug-likeness (QED) is 0.307. The van der Waals surface area contributed by atoms with Gasteiger partial charge in [0.1, 0.15) is 0 Å². The predicted molar refractivity (Wildman–Crippen MR) is 55.3 cm³/mol. The fraction of sp³-hybridized carbons (Fsp3) is 0. The Bertz CT molecular complexity index is 409. The van der Waals surface area contributed by atoms with E-state index in [2.05, 4.69) is 10.1 Å². The first kappa shape index (κ1) is 11.4. The zero-order valence-electron chi connectivity index (χ0n) is 7.52. The minimum absolute atomic E-state index is 0.105. The molecule has 0 spiro atoms. The van der Waals surface area contributed by atoms with Crippen molar-refractivity contribution in [2.45, 2.75) is 0 Å². The molecule has 0 saturated heterocycles. The average molecular weight is 229 g/mol. The molecule has 7 nitrogen and oxygen atoms in total. The number of primary amides is 1. The van der Waals surface area contributed by atoms with Crippen LogP contribution < -0.4 is 21.7 Å².